The largest absolute Gasteiger partial charge is 0.493 e. The topological polar surface area (TPSA) is 68.8 Å². The van der Waals surface area contributed by atoms with Crippen LogP contribution in [0.2, 0.25) is 10.0 Å². The lowest BCUT2D eigenvalue weighted by Gasteiger charge is -2.14. The van der Waals surface area contributed by atoms with Crippen LogP contribution >= 0.6 is 23.2 Å². The third kappa shape index (κ3) is 4.86. The van der Waals surface area contributed by atoms with Crippen LogP contribution in [0.5, 0.6) is 17.2 Å². The number of para-hydroxylation sites is 1. The van der Waals surface area contributed by atoms with Crippen molar-refractivity contribution >= 4 is 34.9 Å². The van der Waals surface area contributed by atoms with E-state index in [1.165, 1.54) is 0 Å². The molecule has 2 rings (SSSR count). The summed E-state index contributed by atoms with van der Waals surface area (Å²) in [4.78, 5) is 12.0. The summed E-state index contributed by atoms with van der Waals surface area (Å²) in [7, 11) is 4.66. The summed E-state index contributed by atoms with van der Waals surface area (Å²) in [5.41, 5.74) is 1.30. The lowest BCUT2D eigenvalue weighted by atomic mass is 10.1. The summed E-state index contributed by atoms with van der Waals surface area (Å²) in [5.74, 6) is 1.65. The molecule has 0 atom stereocenters. The summed E-state index contributed by atoms with van der Waals surface area (Å²) in [6, 6.07) is 8.29. The highest BCUT2D eigenvalue weighted by atomic mass is 35.5. The van der Waals surface area contributed by atoms with Gasteiger partial charge in [-0.3, -0.25) is 0 Å². The van der Waals surface area contributed by atoms with E-state index in [2.05, 4.69) is 10.6 Å². The molecular weight excluding hydrogens is 379 g/mol. The Hall–Kier alpha value is -2.31. The van der Waals surface area contributed by atoms with Crippen molar-refractivity contribution in [3.05, 3.63) is 45.9 Å². The van der Waals surface area contributed by atoms with Crippen LogP contribution in [0.25, 0.3) is 0 Å². The molecule has 2 amide bonds. The van der Waals surface area contributed by atoms with Crippen LogP contribution in [-0.4, -0.2) is 33.9 Å². The molecule has 26 heavy (non-hydrogen) atoms. The minimum atomic E-state index is -0.396. The molecule has 2 aromatic carbocycles. The van der Waals surface area contributed by atoms with Crippen LogP contribution in [0.3, 0.4) is 0 Å². The number of anilines is 1. The van der Waals surface area contributed by atoms with Crippen LogP contribution < -0.4 is 24.8 Å². The molecule has 0 saturated carbocycles. The molecule has 6 nitrogen and oxygen atoms in total. The van der Waals surface area contributed by atoms with Gasteiger partial charge in [0.15, 0.2) is 11.5 Å². The number of nitrogens with one attached hydrogen (secondary N) is 2. The van der Waals surface area contributed by atoms with E-state index >= 15 is 0 Å². The summed E-state index contributed by atoms with van der Waals surface area (Å²) in [5, 5.41) is 6.15. The molecular formula is C18H20Cl2N2O4. The standard InChI is InChI=1S/C18H20Cl2N2O4/c1-24-14-9-11(10-15(25-2)17(14)26-3)7-8-21-18(23)22-16-12(19)5-4-6-13(16)20/h4-6,9-10H,7-8H2,1-3H3,(H2,21,22,23). The van der Waals surface area contributed by atoms with Gasteiger partial charge < -0.3 is 24.8 Å². The predicted octanol–water partition coefficient (Wildman–Crippen LogP) is 4.38. The first-order valence-corrected chi connectivity index (χ1v) is 8.53. The number of hydrogen-bond donors (Lipinski definition) is 2. The van der Waals surface area contributed by atoms with Gasteiger partial charge >= 0.3 is 6.03 Å². The van der Waals surface area contributed by atoms with Crippen molar-refractivity contribution in [2.24, 2.45) is 0 Å². The molecule has 0 spiro atoms. The zero-order chi connectivity index (χ0) is 19.1. The molecule has 0 saturated heterocycles. The van der Waals surface area contributed by atoms with Gasteiger partial charge in [-0.15, -0.1) is 0 Å². The molecule has 0 radical (unpaired) electrons. The number of methoxy groups -OCH3 is 3. The van der Waals surface area contributed by atoms with E-state index < -0.39 is 6.03 Å². The smallest absolute Gasteiger partial charge is 0.319 e. The number of hydrogen-bond acceptors (Lipinski definition) is 4. The Morgan fingerprint density at radius 1 is 1.00 bits per heavy atom. The van der Waals surface area contributed by atoms with Crippen LogP contribution in [0.1, 0.15) is 5.56 Å². The monoisotopic (exact) mass is 398 g/mol. The number of carbonyl (C=O) groups is 1. The average molecular weight is 399 g/mol. The maximum absolute atomic E-state index is 12.0. The van der Waals surface area contributed by atoms with Gasteiger partial charge in [0.1, 0.15) is 0 Å². The third-order valence-corrected chi connectivity index (χ3v) is 4.25. The molecule has 0 aliphatic carbocycles. The summed E-state index contributed by atoms with van der Waals surface area (Å²) < 4.78 is 15.9. The number of urea groups is 1. The third-order valence-electron chi connectivity index (χ3n) is 3.63. The van der Waals surface area contributed by atoms with Gasteiger partial charge in [-0.25, -0.2) is 4.79 Å². The number of benzene rings is 2. The Labute approximate surface area is 162 Å². The van der Waals surface area contributed by atoms with Gasteiger partial charge in [-0.2, -0.15) is 0 Å². The predicted molar refractivity (Wildman–Crippen MR) is 103 cm³/mol. The molecule has 8 heteroatoms. The number of halogens is 2. The highest BCUT2D eigenvalue weighted by molar-refractivity contribution is 6.39. The fourth-order valence-corrected chi connectivity index (χ4v) is 2.87. The minimum Gasteiger partial charge on any atom is -0.493 e. The van der Waals surface area contributed by atoms with E-state index in [1.54, 1.807) is 39.5 Å². The minimum absolute atomic E-state index is 0.372. The molecule has 0 unspecified atom stereocenters. The molecule has 2 aromatic rings. The maximum Gasteiger partial charge on any atom is 0.319 e. The van der Waals surface area contributed by atoms with E-state index in [4.69, 9.17) is 37.4 Å². The second-order valence-electron chi connectivity index (χ2n) is 5.26. The Balaban J connectivity index is 1.98. The van der Waals surface area contributed by atoms with Crippen molar-refractivity contribution in [1.29, 1.82) is 0 Å². The summed E-state index contributed by atoms with van der Waals surface area (Å²) in [6.07, 6.45) is 0.570. The van der Waals surface area contributed by atoms with Crippen molar-refractivity contribution in [3.8, 4) is 17.2 Å². The second-order valence-corrected chi connectivity index (χ2v) is 6.08. The molecule has 140 valence electrons. The fraction of sp³-hybridized carbons (Fsp3) is 0.278. The van der Waals surface area contributed by atoms with E-state index in [0.717, 1.165) is 5.56 Å². The highest BCUT2D eigenvalue weighted by Crippen LogP contribution is 2.38. The summed E-state index contributed by atoms with van der Waals surface area (Å²) >= 11 is 12.1. The summed E-state index contributed by atoms with van der Waals surface area (Å²) in [6.45, 7) is 0.395. The Morgan fingerprint density at radius 3 is 2.08 bits per heavy atom. The number of carbonyl (C=O) groups excluding carboxylic acids is 1. The van der Waals surface area contributed by atoms with Crippen molar-refractivity contribution < 1.29 is 19.0 Å². The first-order valence-electron chi connectivity index (χ1n) is 7.78. The quantitative estimate of drug-likeness (QED) is 0.725. The molecule has 2 N–H and O–H groups in total. The first-order chi connectivity index (χ1) is 12.5. The van der Waals surface area contributed by atoms with Gasteiger partial charge in [0.05, 0.1) is 37.1 Å². The number of amides is 2. The van der Waals surface area contributed by atoms with E-state index in [0.29, 0.717) is 45.9 Å². The maximum atomic E-state index is 12.0. The Kier molecular flexibility index (Phi) is 7.24. The molecule has 0 aliphatic rings. The van der Waals surface area contributed by atoms with Gasteiger partial charge in [0.25, 0.3) is 0 Å². The van der Waals surface area contributed by atoms with Crippen LogP contribution in [0.4, 0.5) is 10.5 Å². The Morgan fingerprint density at radius 2 is 1.58 bits per heavy atom. The number of rotatable bonds is 7. The van der Waals surface area contributed by atoms with Gasteiger partial charge in [-0.1, -0.05) is 29.3 Å². The van der Waals surface area contributed by atoms with Crippen molar-refractivity contribution in [3.63, 3.8) is 0 Å². The molecule has 0 bridgehead atoms. The molecule has 0 heterocycles. The van der Waals surface area contributed by atoms with Crippen molar-refractivity contribution in [1.82, 2.24) is 5.32 Å². The molecule has 0 aliphatic heterocycles. The van der Waals surface area contributed by atoms with Crippen molar-refractivity contribution in [2.75, 3.05) is 33.2 Å². The first kappa shape index (κ1) is 20.0. The Bertz CT molecular complexity index is 739. The molecule has 0 fully saturated rings. The lowest BCUT2D eigenvalue weighted by Crippen LogP contribution is -2.30. The average Bonchev–Trinajstić information content (AvgIpc) is 2.63. The van der Waals surface area contributed by atoms with Crippen LogP contribution in [0.15, 0.2) is 30.3 Å². The lowest BCUT2D eigenvalue weighted by molar-refractivity contribution is 0.252. The van der Waals surface area contributed by atoms with Gasteiger partial charge in [0.2, 0.25) is 5.75 Å². The fourth-order valence-electron chi connectivity index (χ4n) is 2.38. The molecule has 0 aromatic heterocycles. The van der Waals surface area contributed by atoms with Crippen LogP contribution in [-0.2, 0) is 6.42 Å². The zero-order valence-corrected chi connectivity index (χ0v) is 16.2. The van der Waals surface area contributed by atoms with Crippen molar-refractivity contribution in [2.45, 2.75) is 6.42 Å². The second kappa shape index (κ2) is 9.40. The SMILES string of the molecule is COc1cc(CCNC(=O)Nc2c(Cl)cccc2Cl)cc(OC)c1OC. The van der Waals surface area contributed by atoms with E-state index in [1.807, 2.05) is 12.1 Å². The highest BCUT2D eigenvalue weighted by Gasteiger charge is 2.13. The van der Waals surface area contributed by atoms with E-state index in [-0.39, 0.29) is 0 Å². The van der Waals surface area contributed by atoms with Gasteiger partial charge in [0, 0.05) is 6.54 Å². The normalized spacial score (nSPS) is 10.2. The zero-order valence-electron chi connectivity index (χ0n) is 14.7. The van der Waals surface area contributed by atoms with Gasteiger partial charge in [-0.05, 0) is 36.2 Å². The van der Waals surface area contributed by atoms with Crippen LogP contribution in [0, 0.1) is 0 Å². The number of ether oxygens (including phenoxy) is 3. The van der Waals surface area contributed by atoms with E-state index in [9.17, 15) is 4.79 Å².